The van der Waals surface area contributed by atoms with Crippen LogP contribution in [-0.4, -0.2) is 63.8 Å². The molecule has 3 heterocycles. The van der Waals surface area contributed by atoms with Crippen LogP contribution in [0, 0.1) is 0 Å². The smallest absolute Gasteiger partial charge is 0.256 e. The maximum atomic E-state index is 13.1. The molecule has 31 heavy (non-hydrogen) atoms. The highest BCUT2D eigenvalue weighted by atomic mass is 79.9. The summed E-state index contributed by atoms with van der Waals surface area (Å²) in [6, 6.07) is 12.5. The van der Waals surface area contributed by atoms with Crippen molar-refractivity contribution in [2.24, 2.45) is 0 Å². The minimum absolute atomic E-state index is 0.313. The first-order valence-corrected chi connectivity index (χ1v) is 11.9. The van der Waals surface area contributed by atoms with E-state index in [0.29, 0.717) is 61.4 Å². The highest BCUT2D eigenvalue weighted by Crippen LogP contribution is 2.34. The van der Waals surface area contributed by atoms with E-state index in [1.807, 2.05) is 10.4 Å². The summed E-state index contributed by atoms with van der Waals surface area (Å²) >= 11 is 3.37. The van der Waals surface area contributed by atoms with Gasteiger partial charge in [-0.3, -0.25) is 4.79 Å². The Morgan fingerprint density at radius 1 is 1.00 bits per heavy atom. The highest BCUT2D eigenvalue weighted by molar-refractivity contribution is 9.10. The fourth-order valence-corrected chi connectivity index (χ4v) is 5.75. The van der Waals surface area contributed by atoms with Gasteiger partial charge in [0.15, 0.2) is 17.6 Å². The molecule has 9 heteroatoms. The van der Waals surface area contributed by atoms with Crippen molar-refractivity contribution < 1.29 is 23.6 Å². The fraction of sp³-hybridized carbons (Fsp3) is 0.318. The minimum atomic E-state index is -1.33. The predicted octanol–water partition coefficient (Wildman–Crippen LogP) is 2.43. The van der Waals surface area contributed by atoms with Crippen molar-refractivity contribution in [1.29, 1.82) is 0 Å². The van der Waals surface area contributed by atoms with Crippen LogP contribution >= 0.6 is 15.9 Å². The van der Waals surface area contributed by atoms with Crippen LogP contribution in [0.15, 0.2) is 63.0 Å². The van der Waals surface area contributed by atoms with E-state index in [1.165, 1.54) is 0 Å². The van der Waals surface area contributed by atoms with Gasteiger partial charge in [0, 0.05) is 36.7 Å². The van der Waals surface area contributed by atoms with Crippen molar-refractivity contribution in [2.45, 2.75) is 11.0 Å². The van der Waals surface area contributed by atoms with E-state index in [1.54, 1.807) is 41.3 Å². The Kier molecular flexibility index (Phi) is 5.60. The van der Waals surface area contributed by atoms with Crippen LogP contribution in [0.3, 0.4) is 0 Å². The van der Waals surface area contributed by atoms with Gasteiger partial charge in [-0.2, -0.15) is 0 Å². The normalized spacial score (nSPS) is 20.0. The van der Waals surface area contributed by atoms with Crippen LogP contribution in [-0.2, 0) is 15.8 Å². The van der Waals surface area contributed by atoms with Crippen molar-refractivity contribution >= 4 is 32.8 Å². The predicted molar refractivity (Wildman–Crippen MR) is 118 cm³/mol. The lowest BCUT2D eigenvalue weighted by molar-refractivity contribution is -0.139. The van der Waals surface area contributed by atoms with E-state index in [4.69, 9.17) is 9.47 Å². The van der Waals surface area contributed by atoms with E-state index in [9.17, 15) is 14.1 Å². The van der Waals surface area contributed by atoms with Gasteiger partial charge in [-0.25, -0.2) is 8.51 Å². The Morgan fingerprint density at radius 2 is 1.71 bits per heavy atom. The number of ether oxygens (including phenoxy) is 2. The fourth-order valence-electron chi connectivity index (χ4n) is 4.09. The SMILES string of the molecule is O=C(C(O)c1cccc(Br)c1)N1CC2=C(C1)CN(S(=O)c1ccc3c(c1)OCCO3)C2. The Labute approximate surface area is 191 Å². The monoisotopic (exact) mass is 504 g/mol. The number of hydrogen-bond donors (Lipinski definition) is 1. The summed E-state index contributed by atoms with van der Waals surface area (Å²) in [5.74, 6) is 0.981. The summed E-state index contributed by atoms with van der Waals surface area (Å²) in [4.78, 5) is 15.1. The lowest BCUT2D eigenvalue weighted by atomic mass is 10.1. The Morgan fingerprint density at radius 3 is 2.42 bits per heavy atom. The average Bonchev–Trinajstić information content (AvgIpc) is 3.37. The number of aliphatic hydroxyl groups excluding tert-OH is 1. The van der Waals surface area contributed by atoms with Crippen molar-refractivity contribution in [1.82, 2.24) is 9.21 Å². The van der Waals surface area contributed by atoms with E-state index < -0.39 is 17.1 Å². The van der Waals surface area contributed by atoms with Gasteiger partial charge in [0.05, 0.1) is 4.90 Å². The molecule has 0 fully saturated rings. The molecule has 2 aromatic rings. The number of benzene rings is 2. The number of halogens is 1. The van der Waals surface area contributed by atoms with E-state index in [0.717, 1.165) is 15.6 Å². The van der Waals surface area contributed by atoms with Gasteiger partial charge in [-0.15, -0.1) is 0 Å². The number of rotatable bonds is 4. The molecular weight excluding hydrogens is 484 g/mol. The molecule has 2 unspecified atom stereocenters. The molecule has 0 spiro atoms. The van der Waals surface area contributed by atoms with E-state index >= 15 is 0 Å². The lowest BCUT2D eigenvalue weighted by Gasteiger charge is -2.24. The standard InChI is InChI=1S/C22H21BrN2O5S/c23-17-3-1-2-14(8-17)21(26)22(27)24-10-15-12-25(13-16(15)11-24)31(28)18-4-5-19-20(9-18)30-7-6-29-19/h1-5,8-9,21,26H,6-7,10-13H2. The molecule has 1 N–H and O–H groups in total. The molecular formula is C22H21BrN2O5S. The van der Waals surface area contributed by atoms with Crippen LogP contribution in [0.4, 0.5) is 0 Å². The van der Waals surface area contributed by atoms with Crippen LogP contribution in [0.5, 0.6) is 11.5 Å². The van der Waals surface area contributed by atoms with Gasteiger partial charge < -0.3 is 19.5 Å². The lowest BCUT2D eigenvalue weighted by Crippen LogP contribution is -2.37. The van der Waals surface area contributed by atoms with Gasteiger partial charge in [0.1, 0.15) is 24.2 Å². The molecule has 7 nitrogen and oxygen atoms in total. The zero-order chi connectivity index (χ0) is 21.5. The minimum Gasteiger partial charge on any atom is -0.486 e. The van der Waals surface area contributed by atoms with Crippen LogP contribution < -0.4 is 9.47 Å². The zero-order valence-electron chi connectivity index (χ0n) is 16.6. The number of carbonyl (C=O) groups excluding carboxylic acids is 1. The highest BCUT2D eigenvalue weighted by Gasteiger charge is 2.36. The molecule has 0 aliphatic carbocycles. The summed E-state index contributed by atoms with van der Waals surface area (Å²) in [7, 11) is -1.33. The molecule has 0 aromatic heterocycles. The summed E-state index contributed by atoms with van der Waals surface area (Å²) in [5, 5.41) is 10.5. The zero-order valence-corrected chi connectivity index (χ0v) is 19.0. The van der Waals surface area contributed by atoms with Crippen LogP contribution in [0.2, 0.25) is 0 Å². The second-order valence-electron chi connectivity index (χ2n) is 7.71. The molecule has 2 atom stereocenters. The molecule has 5 rings (SSSR count). The third-order valence-electron chi connectivity index (χ3n) is 5.66. The third-order valence-corrected chi connectivity index (χ3v) is 7.54. The molecule has 0 saturated carbocycles. The van der Waals surface area contributed by atoms with Gasteiger partial charge >= 0.3 is 0 Å². The first-order valence-electron chi connectivity index (χ1n) is 9.98. The topological polar surface area (TPSA) is 79.3 Å². The van der Waals surface area contributed by atoms with E-state index in [-0.39, 0.29) is 5.91 Å². The summed E-state index contributed by atoms with van der Waals surface area (Å²) in [6.07, 6.45) is -1.19. The maximum absolute atomic E-state index is 13.1. The van der Waals surface area contributed by atoms with Crippen LogP contribution in [0.25, 0.3) is 0 Å². The number of aliphatic hydroxyl groups is 1. The molecule has 3 aliphatic rings. The summed E-state index contributed by atoms with van der Waals surface area (Å²) < 4.78 is 26.9. The number of hydrogen-bond acceptors (Lipinski definition) is 5. The number of nitrogens with zero attached hydrogens (tertiary/aromatic N) is 2. The van der Waals surface area contributed by atoms with Crippen molar-refractivity contribution in [3.63, 3.8) is 0 Å². The Bertz CT molecular complexity index is 1090. The number of amides is 1. The van der Waals surface area contributed by atoms with Crippen molar-refractivity contribution in [3.05, 3.63) is 63.6 Å². The molecule has 1 amide bonds. The van der Waals surface area contributed by atoms with Crippen LogP contribution in [0.1, 0.15) is 11.7 Å². The molecule has 0 saturated heterocycles. The maximum Gasteiger partial charge on any atom is 0.256 e. The third kappa shape index (κ3) is 4.03. The first-order chi connectivity index (χ1) is 15.0. The Hall–Kier alpha value is -2.20. The first kappa shape index (κ1) is 20.7. The quantitative estimate of drug-likeness (QED) is 0.646. The summed E-state index contributed by atoms with van der Waals surface area (Å²) in [6.45, 7) is 2.98. The molecule has 0 bridgehead atoms. The van der Waals surface area contributed by atoms with E-state index in [2.05, 4.69) is 15.9 Å². The number of carbonyl (C=O) groups is 1. The summed E-state index contributed by atoms with van der Waals surface area (Å²) in [5.41, 5.74) is 2.76. The number of fused-ring (bicyclic) bond motifs is 1. The molecule has 3 aliphatic heterocycles. The largest absolute Gasteiger partial charge is 0.486 e. The Balaban J connectivity index is 1.22. The van der Waals surface area contributed by atoms with Gasteiger partial charge in [-0.1, -0.05) is 28.1 Å². The average molecular weight is 505 g/mol. The van der Waals surface area contributed by atoms with Crippen molar-refractivity contribution in [2.75, 3.05) is 39.4 Å². The second-order valence-corrected chi connectivity index (χ2v) is 10.1. The van der Waals surface area contributed by atoms with Gasteiger partial charge in [0.2, 0.25) is 0 Å². The van der Waals surface area contributed by atoms with Crippen molar-refractivity contribution in [3.8, 4) is 11.5 Å². The molecule has 162 valence electrons. The second kappa shape index (κ2) is 8.38. The molecule has 0 radical (unpaired) electrons. The van der Waals surface area contributed by atoms with Gasteiger partial charge in [0.25, 0.3) is 5.91 Å². The van der Waals surface area contributed by atoms with Gasteiger partial charge in [-0.05, 0) is 41.0 Å². The molecule has 2 aromatic carbocycles.